The van der Waals surface area contributed by atoms with Gasteiger partial charge < -0.3 is 4.90 Å². The lowest BCUT2D eigenvalue weighted by Crippen LogP contribution is -2.15. The van der Waals surface area contributed by atoms with Gasteiger partial charge >= 0.3 is 0 Å². The molecule has 0 aliphatic rings. The summed E-state index contributed by atoms with van der Waals surface area (Å²) in [5, 5.41) is 0.791. The maximum atomic E-state index is 5.96. The number of halogens is 1. The highest BCUT2D eigenvalue weighted by Gasteiger charge is 2.01. The van der Waals surface area contributed by atoms with Crippen molar-refractivity contribution < 1.29 is 0 Å². The lowest BCUT2D eigenvalue weighted by atomic mass is 10.2. The Morgan fingerprint density at radius 3 is 2.44 bits per heavy atom. The van der Waals surface area contributed by atoms with E-state index in [0.717, 1.165) is 11.6 Å². The third-order valence-corrected chi connectivity index (χ3v) is 2.74. The van der Waals surface area contributed by atoms with E-state index in [1.54, 1.807) is 0 Å². The summed E-state index contributed by atoms with van der Waals surface area (Å²) >= 11 is 5.96. The fraction of sp³-hybridized carbons (Fsp3) is 0.143. The molecule has 2 aromatic carbocycles. The van der Waals surface area contributed by atoms with E-state index in [9.17, 15) is 0 Å². The molecule has 0 aromatic heterocycles. The van der Waals surface area contributed by atoms with Crippen molar-refractivity contribution in [1.29, 1.82) is 0 Å². The fourth-order valence-corrected chi connectivity index (χ4v) is 1.90. The predicted octanol–water partition coefficient (Wildman–Crippen LogP) is 3.98. The summed E-state index contributed by atoms with van der Waals surface area (Å²) in [5.41, 5.74) is 2.43. The van der Waals surface area contributed by atoms with Gasteiger partial charge in [-0.2, -0.15) is 0 Å². The average Bonchev–Trinajstić information content (AvgIpc) is 2.30. The van der Waals surface area contributed by atoms with Crippen molar-refractivity contribution >= 4 is 17.3 Å². The summed E-state index contributed by atoms with van der Waals surface area (Å²) in [6.45, 7) is 0.866. The molecule has 0 amide bonds. The van der Waals surface area contributed by atoms with Crippen molar-refractivity contribution in [2.24, 2.45) is 0 Å². The average molecular weight is 232 g/mol. The molecule has 2 heteroatoms. The summed E-state index contributed by atoms with van der Waals surface area (Å²) in [4.78, 5) is 2.20. The van der Waals surface area contributed by atoms with Gasteiger partial charge in [-0.05, 0) is 29.8 Å². The molecule has 0 saturated heterocycles. The second-order valence-electron chi connectivity index (χ2n) is 3.82. The molecule has 0 heterocycles. The van der Waals surface area contributed by atoms with Crippen LogP contribution in [0, 0.1) is 0 Å². The fourth-order valence-electron chi connectivity index (χ4n) is 1.68. The van der Waals surface area contributed by atoms with Gasteiger partial charge in [-0.1, -0.05) is 41.9 Å². The molecule has 2 aromatic rings. The normalized spacial score (nSPS) is 10.1. The van der Waals surface area contributed by atoms with E-state index < -0.39 is 0 Å². The summed E-state index contributed by atoms with van der Waals surface area (Å²) in [7, 11) is 2.08. The van der Waals surface area contributed by atoms with Crippen molar-refractivity contribution in [3.63, 3.8) is 0 Å². The topological polar surface area (TPSA) is 3.24 Å². The molecule has 0 unspecified atom stereocenters. The summed E-state index contributed by atoms with van der Waals surface area (Å²) < 4.78 is 0. The van der Waals surface area contributed by atoms with Gasteiger partial charge in [0, 0.05) is 24.3 Å². The maximum absolute atomic E-state index is 5.96. The van der Waals surface area contributed by atoms with Crippen LogP contribution in [0.1, 0.15) is 5.56 Å². The largest absolute Gasteiger partial charge is 0.370 e. The van der Waals surface area contributed by atoms with Crippen molar-refractivity contribution in [3.05, 3.63) is 65.2 Å². The first-order valence-electron chi connectivity index (χ1n) is 5.26. The Bertz CT molecular complexity index is 453. The molecule has 0 atom stereocenters. The number of para-hydroxylation sites is 1. The van der Waals surface area contributed by atoms with E-state index in [4.69, 9.17) is 11.6 Å². The molecule has 1 nitrogen and oxygen atoms in total. The van der Waals surface area contributed by atoms with Gasteiger partial charge in [0.1, 0.15) is 0 Å². The molecule has 0 N–H and O–H groups in total. The summed E-state index contributed by atoms with van der Waals surface area (Å²) in [5.74, 6) is 0. The number of hydrogen-bond donors (Lipinski definition) is 0. The Morgan fingerprint density at radius 1 is 1.00 bits per heavy atom. The third-order valence-electron chi connectivity index (χ3n) is 2.51. The molecule has 0 aliphatic carbocycles. The Morgan fingerprint density at radius 2 is 1.75 bits per heavy atom. The molecule has 0 bridgehead atoms. The highest BCUT2D eigenvalue weighted by atomic mass is 35.5. The maximum Gasteiger partial charge on any atom is 0.0426 e. The lowest BCUT2D eigenvalue weighted by Gasteiger charge is -2.19. The second kappa shape index (κ2) is 5.04. The standard InChI is InChI=1S/C14H14ClN/c1-16(14-8-3-2-4-9-14)11-12-6-5-7-13(15)10-12/h2-10H,11H2,1H3. The SMILES string of the molecule is CN(Cc1cccc(Cl)c1)c1ccccc1. The van der Waals surface area contributed by atoms with Crippen LogP contribution in [0.4, 0.5) is 5.69 Å². The minimum Gasteiger partial charge on any atom is -0.370 e. The molecule has 0 spiro atoms. The minimum absolute atomic E-state index is 0.791. The zero-order valence-electron chi connectivity index (χ0n) is 9.23. The van der Waals surface area contributed by atoms with E-state index in [0.29, 0.717) is 0 Å². The van der Waals surface area contributed by atoms with E-state index in [1.165, 1.54) is 11.3 Å². The highest BCUT2D eigenvalue weighted by molar-refractivity contribution is 6.30. The van der Waals surface area contributed by atoms with E-state index >= 15 is 0 Å². The van der Waals surface area contributed by atoms with Gasteiger partial charge in [0.25, 0.3) is 0 Å². The van der Waals surface area contributed by atoms with Crippen molar-refractivity contribution in [2.45, 2.75) is 6.54 Å². The Kier molecular flexibility index (Phi) is 3.47. The Balaban J connectivity index is 2.11. The van der Waals surface area contributed by atoms with Gasteiger partial charge in [0.05, 0.1) is 0 Å². The quantitative estimate of drug-likeness (QED) is 0.773. The monoisotopic (exact) mass is 231 g/mol. The number of rotatable bonds is 3. The summed E-state index contributed by atoms with van der Waals surface area (Å²) in [6, 6.07) is 18.3. The van der Waals surface area contributed by atoms with Gasteiger partial charge in [-0.3, -0.25) is 0 Å². The van der Waals surface area contributed by atoms with Crippen LogP contribution in [0.2, 0.25) is 5.02 Å². The van der Waals surface area contributed by atoms with E-state index in [2.05, 4.69) is 30.1 Å². The van der Waals surface area contributed by atoms with Crippen LogP contribution < -0.4 is 4.90 Å². The molecular formula is C14H14ClN. The zero-order valence-corrected chi connectivity index (χ0v) is 9.98. The van der Waals surface area contributed by atoms with E-state index in [-0.39, 0.29) is 0 Å². The van der Waals surface area contributed by atoms with Crippen LogP contribution in [0.5, 0.6) is 0 Å². The van der Waals surface area contributed by atoms with Crippen LogP contribution in [-0.2, 0) is 6.54 Å². The third kappa shape index (κ3) is 2.77. The number of benzene rings is 2. The van der Waals surface area contributed by atoms with Crippen LogP contribution in [0.25, 0.3) is 0 Å². The van der Waals surface area contributed by atoms with Gasteiger partial charge in [-0.25, -0.2) is 0 Å². The van der Waals surface area contributed by atoms with Gasteiger partial charge in [0.2, 0.25) is 0 Å². The van der Waals surface area contributed by atoms with Gasteiger partial charge in [0.15, 0.2) is 0 Å². The molecular weight excluding hydrogens is 218 g/mol. The van der Waals surface area contributed by atoms with Crippen molar-refractivity contribution in [3.8, 4) is 0 Å². The van der Waals surface area contributed by atoms with Crippen LogP contribution >= 0.6 is 11.6 Å². The first-order valence-corrected chi connectivity index (χ1v) is 5.64. The molecule has 0 radical (unpaired) electrons. The molecule has 82 valence electrons. The van der Waals surface area contributed by atoms with Crippen molar-refractivity contribution in [2.75, 3.05) is 11.9 Å². The van der Waals surface area contributed by atoms with Crippen LogP contribution in [0.3, 0.4) is 0 Å². The second-order valence-corrected chi connectivity index (χ2v) is 4.26. The molecule has 0 fully saturated rings. The van der Waals surface area contributed by atoms with Crippen LogP contribution in [-0.4, -0.2) is 7.05 Å². The van der Waals surface area contributed by atoms with Crippen LogP contribution in [0.15, 0.2) is 54.6 Å². The number of nitrogens with zero attached hydrogens (tertiary/aromatic N) is 1. The Labute approximate surface area is 101 Å². The number of anilines is 1. The summed E-state index contributed by atoms with van der Waals surface area (Å²) in [6.07, 6.45) is 0. The van der Waals surface area contributed by atoms with Gasteiger partial charge in [-0.15, -0.1) is 0 Å². The molecule has 0 saturated carbocycles. The highest BCUT2D eigenvalue weighted by Crippen LogP contribution is 2.16. The predicted molar refractivity (Wildman–Crippen MR) is 70.0 cm³/mol. The number of hydrogen-bond acceptors (Lipinski definition) is 1. The minimum atomic E-state index is 0.791. The molecule has 16 heavy (non-hydrogen) atoms. The first-order chi connectivity index (χ1) is 7.75. The first kappa shape index (κ1) is 11.0. The molecule has 0 aliphatic heterocycles. The Hall–Kier alpha value is -1.47. The smallest absolute Gasteiger partial charge is 0.0426 e. The van der Waals surface area contributed by atoms with Crippen molar-refractivity contribution in [1.82, 2.24) is 0 Å². The molecule has 2 rings (SSSR count). The lowest BCUT2D eigenvalue weighted by molar-refractivity contribution is 0.923. The van der Waals surface area contributed by atoms with E-state index in [1.807, 2.05) is 36.4 Å². The zero-order chi connectivity index (χ0) is 11.4.